The second-order valence-corrected chi connectivity index (χ2v) is 6.38. The lowest BCUT2D eigenvalue weighted by molar-refractivity contribution is 0.121. The number of nitrogens with zero attached hydrogens (tertiary/aromatic N) is 2. The summed E-state index contributed by atoms with van der Waals surface area (Å²) in [6, 6.07) is 0.685. The second-order valence-electron chi connectivity index (χ2n) is 6.38. The van der Waals surface area contributed by atoms with Crippen molar-refractivity contribution in [2.24, 2.45) is 5.41 Å². The zero-order valence-corrected chi connectivity index (χ0v) is 13.1. The molecule has 3 heteroatoms. The molecular weight excluding hydrogens is 222 g/mol. The van der Waals surface area contributed by atoms with Gasteiger partial charge in [0.15, 0.2) is 0 Å². The summed E-state index contributed by atoms with van der Waals surface area (Å²) in [5.41, 5.74) is 0.410. The fourth-order valence-electron chi connectivity index (χ4n) is 2.87. The first-order chi connectivity index (χ1) is 8.50. The first-order valence-electron chi connectivity index (χ1n) is 7.64. The van der Waals surface area contributed by atoms with Crippen LogP contribution in [0.25, 0.3) is 0 Å². The molecule has 0 saturated carbocycles. The van der Waals surface area contributed by atoms with Crippen molar-refractivity contribution in [2.75, 3.05) is 46.3 Å². The largest absolute Gasteiger partial charge is 0.316 e. The van der Waals surface area contributed by atoms with E-state index in [4.69, 9.17) is 0 Å². The SMILES string of the molecule is CCNCC(C)(CC)CN1CCCN(C)CC1C. The van der Waals surface area contributed by atoms with Crippen LogP contribution in [0.15, 0.2) is 0 Å². The van der Waals surface area contributed by atoms with Crippen LogP contribution >= 0.6 is 0 Å². The summed E-state index contributed by atoms with van der Waals surface area (Å²) in [7, 11) is 2.25. The standard InChI is InChI=1S/C15H33N3/c1-6-15(4,12-16-7-2)13-18-10-8-9-17(5)11-14(18)3/h14,16H,6-13H2,1-5H3. The van der Waals surface area contributed by atoms with Crippen molar-refractivity contribution in [2.45, 2.75) is 46.6 Å². The van der Waals surface area contributed by atoms with Gasteiger partial charge in [-0.15, -0.1) is 0 Å². The highest BCUT2D eigenvalue weighted by Crippen LogP contribution is 2.24. The van der Waals surface area contributed by atoms with Crippen molar-refractivity contribution in [3.05, 3.63) is 0 Å². The molecule has 1 fully saturated rings. The maximum absolute atomic E-state index is 3.53. The minimum atomic E-state index is 0.410. The van der Waals surface area contributed by atoms with Gasteiger partial charge < -0.3 is 10.2 Å². The maximum Gasteiger partial charge on any atom is 0.0195 e. The summed E-state index contributed by atoms with van der Waals surface area (Å²) in [4.78, 5) is 5.17. The molecule has 0 aliphatic carbocycles. The molecular formula is C15H33N3. The van der Waals surface area contributed by atoms with E-state index >= 15 is 0 Å². The summed E-state index contributed by atoms with van der Waals surface area (Å²) in [5.74, 6) is 0. The van der Waals surface area contributed by atoms with Gasteiger partial charge in [0.1, 0.15) is 0 Å². The molecule has 2 atom stereocenters. The average Bonchev–Trinajstić information content (AvgIpc) is 2.49. The monoisotopic (exact) mass is 255 g/mol. The third-order valence-electron chi connectivity index (χ3n) is 4.42. The van der Waals surface area contributed by atoms with Crippen LogP contribution in [-0.4, -0.2) is 62.2 Å². The molecule has 108 valence electrons. The first kappa shape index (κ1) is 15.9. The van der Waals surface area contributed by atoms with E-state index in [0.29, 0.717) is 11.5 Å². The summed E-state index contributed by atoms with van der Waals surface area (Å²) in [6.45, 7) is 16.5. The number of rotatable bonds is 6. The molecule has 1 saturated heterocycles. The van der Waals surface area contributed by atoms with Gasteiger partial charge in [-0.25, -0.2) is 0 Å². The molecule has 0 aromatic rings. The molecule has 18 heavy (non-hydrogen) atoms. The third-order valence-corrected chi connectivity index (χ3v) is 4.42. The van der Waals surface area contributed by atoms with Crippen LogP contribution in [-0.2, 0) is 0 Å². The minimum absolute atomic E-state index is 0.410. The van der Waals surface area contributed by atoms with Gasteiger partial charge in [-0.2, -0.15) is 0 Å². The summed E-state index contributed by atoms with van der Waals surface area (Å²) >= 11 is 0. The number of nitrogens with one attached hydrogen (secondary N) is 1. The fourth-order valence-corrected chi connectivity index (χ4v) is 2.87. The lowest BCUT2D eigenvalue weighted by atomic mass is 9.86. The molecule has 1 aliphatic heterocycles. The Morgan fingerprint density at radius 2 is 2.00 bits per heavy atom. The third kappa shape index (κ3) is 4.87. The van der Waals surface area contributed by atoms with Crippen LogP contribution in [0.5, 0.6) is 0 Å². The van der Waals surface area contributed by atoms with Crippen molar-refractivity contribution >= 4 is 0 Å². The average molecular weight is 255 g/mol. The Kier molecular flexibility index (Phi) is 6.61. The maximum atomic E-state index is 3.53. The predicted molar refractivity (Wildman–Crippen MR) is 80.1 cm³/mol. The smallest absolute Gasteiger partial charge is 0.0195 e. The van der Waals surface area contributed by atoms with Crippen LogP contribution in [0.2, 0.25) is 0 Å². The van der Waals surface area contributed by atoms with Crippen molar-refractivity contribution in [1.29, 1.82) is 0 Å². The van der Waals surface area contributed by atoms with Gasteiger partial charge in [0, 0.05) is 25.7 Å². The summed E-state index contributed by atoms with van der Waals surface area (Å²) < 4.78 is 0. The molecule has 1 rings (SSSR count). The van der Waals surface area contributed by atoms with Crippen LogP contribution in [0.4, 0.5) is 0 Å². The molecule has 1 heterocycles. The van der Waals surface area contributed by atoms with Gasteiger partial charge in [0.05, 0.1) is 0 Å². The Morgan fingerprint density at radius 1 is 1.28 bits per heavy atom. The minimum Gasteiger partial charge on any atom is -0.316 e. The van der Waals surface area contributed by atoms with E-state index in [1.54, 1.807) is 0 Å². The Labute approximate surface area is 114 Å². The van der Waals surface area contributed by atoms with Crippen molar-refractivity contribution < 1.29 is 0 Å². The van der Waals surface area contributed by atoms with Crippen LogP contribution in [0, 0.1) is 5.41 Å². The van der Waals surface area contributed by atoms with E-state index in [1.165, 1.54) is 39.0 Å². The number of hydrogen-bond donors (Lipinski definition) is 1. The van der Waals surface area contributed by atoms with E-state index in [2.05, 4.69) is 49.9 Å². The molecule has 0 amide bonds. The molecule has 0 bridgehead atoms. The molecule has 0 aromatic heterocycles. The Balaban J connectivity index is 2.56. The normalized spacial score (nSPS) is 26.8. The van der Waals surface area contributed by atoms with E-state index < -0.39 is 0 Å². The lowest BCUT2D eigenvalue weighted by Gasteiger charge is -2.37. The van der Waals surface area contributed by atoms with E-state index in [9.17, 15) is 0 Å². The highest BCUT2D eigenvalue weighted by Gasteiger charge is 2.28. The molecule has 1 N–H and O–H groups in total. The predicted octanol–water partition coefficient (Wildman–Crippen LogP) is 2.04. The zero-order valence-electron chi connectivity index (χ0n) is 13.1. The first-order valence-corrected chi connectivity index (χ1v) is 7.64. The van der Waals surface area contributed by atoms with E-state index in [1.807, 2.05) is 0 Å². The van der Waals surface area contributed by atoms with Gasteiger partial charge in [-0.3, -0.25) is 4.90 Å². The highest BCUT2D eigenvalue weighted by atomic mass is 15.2. The van der Waals surface area contributed by atoms with Crippen molar-refractivity contribution in [3.63, 3.8) is 0 Å². The van der Waals surface area contributed by atoms with Gasteiger partial charge in [-0.1, -0.05) is 20.8 Å². The molecule has 0 radical (unpaired) electrons. The van der Waals surface area contributed by atoms with Crippen molar-refractivity contribution in [1.82, 2.24) is 15.1 Å². The number of hydrogen-bond acceptors (Lipinski definition) is 3. The number of likely N-dealkylation sites (N-methyl/N-ethyl adjacent to an activating group) is 1. The van der Waals surface area contributed by atoms with E-state index in [-0.39, 0.29) is 0 Å². The second kappa shape index (κ2) is 7.46. The Morgan fingerprint density at radius 3 is 2.61 bits per heavy atom. The van der Waals surface area contributed by atoms with E-state index in [0.717, 1.165) is 13.1 Å². The summed E-state index contributed by atoms with van der Waals surface area (Å²) in [5, 5.41) is 3.53. The Hall–Kier alpha value is -0.120. The molecule has 0 spiro atoms. The molecule has 0 aromatic carbocycles. The lowest BCUT2D eigenvalue weighted by Crippen LogP contribution is -2.47. The highest BCUT2D eigenvalue weighted by molar-refractivity contribution is 4.84. The Bertz CT molecular complexity index is 232. The van der Waals surface area contributed by atoms with Crippen LogP contribution < -0.4 is 5.32 Å². The summed E-state index contributed by atoms with van der Waals surface area (Å²) in [6.07, 6.45) is 2.56. The van der Waals surface area contributed by atoms with Gasteiger partial charge >= 0.3 is 0 Å². The fraction of sp³-hybridized carbons (Fsp3) is 1.00. The van der Waals surface area contributed by atoms with Crippen LogP contribution in [0.3, 0.4) is 0 Å². The quantitative estimate of drug-likeness (QED) is 0.783. The molecule has 1 aliphatic rings. The van der Waals surface area contributed by atoms with Gasteiger partial charge in [0.2, 0.25) is 0 Å². The van der Waals surface area contributed by atoms with Crippen LogP contribution in [0.1, 0.15) is 40.5 Å². The van der Waals surface area contributed by atoms with Crippen molar-refractivity contribution in [3.8, 4) is 0 Å². The van der Waals surface area contributed by atoms with Gasteiger partial charge in [-0.05, 0) is 51.9 Å². The molecule has 3 nitrogen and oxygen atoms in total. The van der Waals surface area contributed by atoms with Gasteiger partial charge in [0.25, 0.3) is 0 Å². The topological polar surface area (TPSA) is 18.5 Å². The molecule has 2 unspecified atom stereocenters. The zero-order chi connectivity index (χ0) is 13.6.